The zero-order valence-electron chi connectivity index (χ0n) is 17.3. The van der Waals surface area contributed by atoms with E-state index >= 15 is 0 Å². The first-order chi connectivity index (χ1) is 13.6. The monoisotopic (exact) mass is 400 g/mol. The smallest absolute Gasteiger partial charge is 0.238 e. The van der Waals surface area contributed by atoms with E-state index in [2.05, 4.69) is 49.4 Å². The molecular formula is C21H32N6S. The lowest BCUT2D eigenvalue weighted by atomic mass is 9.79. The molecule has 0 saturated carbocycles. The molecule has 152 valence electrons. The van der Waals surface area contributed by atoms with Crippen LogP contribution in [0.5, 0.6) is 0 Å². The summed E-state index contributed by atoms with van der Waals surface area (Å²) in [6.07, 6.45) is 8.26. The summed E-state index contributed by atoms with van der Waals surface area (Å²) in [6.45, 7) is 6.73. The van der Waals surface area contributed by atoms with Gasteiger partial charge in [-0.05, 0) is 56.1 Å². The maximum atomic E-state index is 4.67. The molecule has 2 aliphatic rings. The van der Waals surface area contributed by atoms with Crippen molar-refractivity contribution in [3.05, 3.63) is 24.0 Å². The molecule has 0 aliphatic carbocycles. The third-order valence-corrected chi connectivity index (χ3v) is 7.12. The Bertz CT molecular complexity index is 743. The molecule has 4 heterocycles. The average molecular weight is 401 g/mol. The van der Waals surface area contributed by atoms with Crippen molar-refractivity contribution in [3.8, 4) is 0 Å². The van der Waals surface area contributed by atoms with Crippen LogP contribution in [0.15, 0.2) is 18.3 Å². The average Bonchev–Trinajstić information content (AvgIpc) is 3.25. The van der Waals surface area contributed by atoms with Crippen molar-refractivity contribution in [3.63, 3.8) is 0 Å². The molecular weight excluding hydrogens is 368 g/mol. The van der Waals surface area contributed by atoms with Crippen LogP contribution in [0.25, 0.3) is 0 Å². The number of anilines is 3. The maximum absolute atomic E-state index is 4.67. The molecule has 2 saturated heterocycles. The van der Waals surface area contributed by atoms with Crippen LogP contribution in [0.1, 0.15) is 38.3 Å². The zero-order valence-corrected chi connectivity index (χ0v) is 18.2. The number of nitrogens with zero attached hydrogens (tertiary/aromatic N) is 6. The molecule has 2 aliphatic heterocycles. The maximum Gasteiger partial charge on any atom is 0.238 e. The number of aryl methyl sites for hydroxylation is 1. The van der Waals surface area contributed by atoms with Crippen LogP contribution in [-0.2, 0) is 6.42 Å². The standard InChI is InChI=1S/C21H32N6S/c1-4-18-5-6-19(15-22-18)26-11-7-16(8-12-26)17-9-13-27(14-10-17)21-23-20(24-28-21)25(2)3/h5-6,15-17H,4,7-14H2,1-3H3. The van der Waals surface area contributed by atoms with Crippen molar-refractivity contribution in [1.29, 1.82) is 0 Å². The minimum Gasteiger partial charge on any atom is -0.370 e. The third-order valence-electron chi connectivity index (χ3n) is 6.36. The van der Waals surface area contributed by atoms with E-state index in [1.54, 1.807) is 0 Å². The summed E-state index contributed by atoms with van der Waals surface area (Å²) >= 11 is 1.53. The molecule has 7 heteroatoms. The van der Waals surface area contributed by atoms with Crippen LogP contribution < -0.4 is 14.7 Å². The van der Waals surface area contributed by atoms with E-state index in [1.165, 1.54) is 61.7 Å². The van der Waals surface area contributed by atoms with Gasteiger partial charge in [-0.1, -0.05) is 6.92 Å². The molecule has 2 aromatic heterocycles. The summed E-state index contributed by atoms with van der Waals surface area (Å²) in [5.74, 6) is 2.56. The Labute approximate surface area is 172 Å². The lowest BCUT2D eigenvalue weighted by Gasteiger charge is -2.40. The first kappa shape index (κ1) is 19.4. The number of hydrogen-bond donors (Lipinski definition) is 0. The summed E-state index contributed by atoms with van der Waals surface area (Å²) in [6, 6.07) is 4.42. The van der Waals surface area contributed by atoms with Gasteiger partial charge in [0.2, 0.25) is 11.1 Å². The lowest BCUT2D eigenvalue weighted by Crippen LogP contribution is -2.41. The zero-order chi connectivity index (χ0) is 19.5. The molecule has 0 N–H and O–H groups in total. The second-order valence-corrected chi connectivity index (χ2v) is 9.01. The largest absolute Gasteiger partial charge is 0.370 e. The molecule has 0 amide bonds. The molecule has 28 heavy (non-hydrogen) atoms. The summed E-state index contributed by atoms with van der Waals surface area (Å²) < 4.78 is 4.45. The number of pyridine rings is 1. The molecule has 0 bridgehead atoms. The van der Waals surface area contributed by atoms with Crippen LogP contribution >= 0.6 is 11.5 Å². The summed E-state index contributed by atoms with van der Waals surface area (Å²) in [5.41, 5.74) is 2.47. The van der Waals surface area contributed by atoms with Crippen LogP contribution in [-0.4, -0.2) is 54.6 Å². The normalized spacial score (nSPS) is 19.2. The Kier molecular flexibility index (Phi) is 5.99. The quantitative estimate of drug-likeness (QED) is 0.763. The van der Waals surface area contributed by atoms with Gasteiger partial charge in [0, 0.05) is 57.5 Å². The van der Waals surface area contributed by atoms with Gasteiger partial charge < -0.3 is 14.7 Å². The number of hydrogen-bond acceptors (Lipinski definition) is 7. The van der Waals surface area contributed by atoms with E-state index in [0.717, 1.165) is 42.4 Å². The Balaban J connectivity index is 1.26. The van der Waals surface area contributed by atoms with Crippen molar-refractivity contribution >= 4 is 28.3 Å². The fourth-order valence-corrected chi connectivity index (χ4v) is 5.31. The lowest BCUT2D eigenvalue weighted by molar-refractivity contribution is 0.233. The van der Waals surface area contributed by atoms with Crippen LogP contribution in [0.3, 0.4) is 0 Å². The fraction of sp³-hybridized carbons (Fsp3) is 0.667. The highest BCUT2D eigenvalue weighted by molar-refractivity contribution is 7.09. The van der Waals surface area contributed by atoms with E-state index < -0.39 is 0 Å². The number of aromatic nitrogens is 3. The van der Waals surface area contributed by atoms with Crippen LogP contribution in [0, 0.1) is 11.8 Å². The Morgan fingerprint density at radius 1 is 1.00 bits per heavy atom. The van der Waals surface area contributed by atoms with E-state index in [4.69, 9.17) is 0 Å². The van der Waals surface area contributed by atoms with Gasteiger partial charge in [0.25, 0.3) is 0 Å². The fourth-order valence-electron chi connectivity index (χ4n) is 4.52. The van der Waals surface area contributed by atoms with E-state index in [-0.39, 0.29) is 0 Å². The number of rotatable bonds is 5. The van der Waals surface area contributed by atoms with E-state index in [1.807, 2.05) is 19.0 Å². The molecule has 2 aromatic rings. The van der Waals surface area contributed by atoms with E-state index in [9.17, 15) is 0 Å². The molecule has 0 radical (unpaired) electrons. The topological polar surface area (TPSA) is 48.4 Å². The molecule has 0 unspecified atom stereocenters. The molecule has 4 rings (SSSR count). The van der Waals surface area contributed by atoms with Gasteiger partial charge in [-0.2, -0.15) is 9.36 Å². The Morgan fingerprint density at radius 3 is 2.14 bits per heavy atom. The van der Waals surface area contributed by atoms with Gasteiger partial charge >= 0.3 is 0 Å². The summed E-state index contributed by atoms with van der Waals surface area (Å²) in [4.78, 5) is 16.2. The van der Waals surface area contributed by atoms with Crippen LogP contribution in [0.2, 0.25) is 0 Å². The predicted molar refractivity (Wildman–Crippen MR) is 118 cm³/mol. The van der Waals surface area contributed by atoms with Gasteiger partial charge in [-0.3, -0.25) is 4.98 Å². The highest BCUT2D eigenvalue weighted by atomic mass is 32.1. The first-order valence-electron chi connectivity index (χ1n) is 10.6. The van der Waals surface area contributed by atoms with Crippen LogP contribution in [0.4, 0.5) is 16.8 Å². The second-order valence-electron chi connectivity index (χ2n) is 8.28. The van der Waals surface area contributed by atoms with Crippen molar-refractivity contribution < 1.29 is 0 Å². The van der Waals surface area contributed by atoms with Gasteiger partial charge in [0.15, 0.2) is 0 Å². The minimum atomic E-state index is 0.830. The second kappa shape index (κ2) is 8.64. The molecule has 6 nitrogen and oxygen atoms in total. The van der Waals surface area contributed by atoms with Gasteiger partial charge in [-0.15, -0.1) is 0 Å². The summed E-state index contributed by atoms with van der Waals surface area (Å²) in [5, 5.41) is 1.08. The SMILES string of the molecule is CCc1ccc(N2CCC(C3CCN(c4nc(N(C)C)ns4)CC3)CC2)cn1. The molecule has 0 spiro atoms. The molecule has 2 fully saturated rings. The highest BCUT2D eigenvalue weighted by Gasteiger charge is 2.30. The Morgan fingerprint density at radius 2 is 1.64 bits per heavy atom. The van der Waals surface area contributed by atoms with Gasteiger partial charge in [-0.25, -0.2) is 0 Å². The van der Waals surface area contributed by atoms with E-state index in [0.29, 0.717) is 0 Å². The van der Waals surface area contributed by atoms with Crippen molar-refractivity contribution in [2.45, 2.75) is 39.0 Å². The first-order valence-corrected chi connectivity index (χ1v) is 11.4. The van der Waals surface area contributed by atoms with Gasteiger partial charge in [0.1, 0.15) is 0 Å². The highest BCUT2D eigenvalue weighted by Crippen LogP contribution is 2.35. The predicted octanol–water partition coefficient (Wildman–Crippen LogP) is 3.69. The Hall–Kier alpha value is -1.89. The third kappa shape index (κ3) is 4.24. The minimum absolute atomic E-state index is 0.830. The van der Waals surface area contributed by atoms with Gasteiger partial charge in [0.05, 0.1) is 11.9 Å². The molecule has 0 aromatic carbocycles. The summed E-state index contributed by atoms with van der Waals surface area (Å²) in [7, 11) is 4.00. The van der Waals surface area contributed by atoms with Crippen molar-refractivity contribution in [2.24, 2.45) is 11.8 Å². The van der Waals surface area contributed by atoms with Crippen molar-refractivity contribution in [2.75, 3.05) is 55.0 Å². The molecule has 0 atom stereocenters. The number of piperidine rings is 2. The van der Waals surface area contributed by atoms with Crippen molar-refractivity contribution in [1.82, 2.24) is 14.3 Å².